The van der Waals surface area contributed by atoms with E-state index in [1.807, 2.05) is 18.2 Å². The van der Waals surface area contributed by atoms with Gasteiger partial charge in [0.1, 0.15) is 5.76 Å². The number of likely N-dealkylation sites (tertiary alicyclic amines) is 1. The minimum Gasteiger partial charge on any atom is -0.468 e. The molecule has 0 spiro atoms. The topological polar surface area (TPSA) is 57.5 Å². The largest absolute Gasteiger partial charge is 0.468 e. The van der Waals surface area contributed by atoms with E-state index >= 15 is 0 Å². The predicted molar refractivity (Wildman–Crippen MR) is 108 cm³/mol. The van der Waals surface area contributed by atoms with Crippen LogP contribution in [0.15, 0.2) is 53.1 Å². The van der Waals surface area contributed by atoms with Crippen molar-refractivity contribution in [2.75, 3.05) is 32.7 Å². The average molecular weight is 370 g/mol. The number of furan rings is 1. The van der Waals surface area contributed by atoms with E-state index < -0.39 is 0 Å². The molecule has 1 aromatic carbocycles. The van der Waals surface area contributed by atoms with E-state index in [9.17, 15) is 4.79 Å². The zero-order chi connectivity index (χ0) is 18.7. The molecular weight excluding hydrogens is 338 g/mol. The molecule has 27 heavy (non-hydrogen) atoms. The second-order valence-corrected chi connectivity index (χ2v) is 7.20. The van der Waals surface area contributed by atoms with E-state index in [4.69, 9.17) is 4.42 Å². The lowest BCUT2D eigenvalue weighted by atomic mass is 10.1. The van der Waals surface area contributed by atoms with Gasteiger partial charge in [-0.15, -0.1) is 0 Å². The third kappa shape index (κ3) is 6.52. The first kappa shape index (κ1) is 19.6. The SMILES string of the molecule is O=C(CNCC(c1ccco1)N1CCCCC1)NCCCc1ccccc1. The molecule has 0 aliphatic carbocycles. The molecule has 0 bridgehead atoms. The minimum absolute atomic E-state index is 0.0555. The monoisotopic (exact) mass is 369 g/mol. The van der Waals surface area contributed by atoms with Crippen LogP contribution in [0.2, 0.25) is 0 Å². The summed E-state index contributed by atoms with van der Waals surface area (Å²) in [5.74, 6) is 1.03. The highest BCUT2D eigenvalue weighted by Crippen LogP contribution is 2.24. The quantitative estimate of drug-likeness (QED) is 0.632. The molecule has 1 saturated heterocycles. The van der Waals surface area contributed by atoms with Crippen LogP contribution in [0.3, 0.4) is 0 Å². The molecule has 1 aliphatic heterocycles. The molecule has 1 aliphatic rings. The minimum atomic E-state index is 0.0555. The lowest BCUT2D eigenvalue weighted by Gasteiger charge is -2.33. The van der Waals surface area contributed by atoms with Crippen LogP contribution in [-0.4, -0.2) is 43.5 Å². The van der Waals surface area contributed by atoms with Gasteiger partial charge in [0.2, 0.25) is 5.91 Å². The fraction of sp³-hybridized carbons (Fsp3) is 0.500. The highest BCUT2D eigenvalue weighted by atomic mass is 16.3. The summed E-state index contributed by atoms with van der Waals surface area (Å²) in [6, 6.07) is 14.5. The number of rotatable bonds is 10. The summed E-state index contributed by atoms with van der Waals surface area (Å²) in [6.07, 6.45) is 7.45. The molecule has 5 nitrogen and oxygen atoms in total. The Morgan fingerprint density at radius 1 is 1.07 bits per heavy atom. The average Bonchev–Trinajstić information content (AvgIpc) is 3.24. The molecule has 1 atom stereocenters. The molecule has 1 aromatic heterocycles. The van der Waals surface area contributed by atoms with Gasteiger partial charge in [-0.05, 0) is 56.5 Å². The molecule has 0 radical (unpaired) electrons. The number of nitrogens with zero attached hydrogens (tertiary/aromatic N) is 1. The van der Waals surface area contributed by atoms with E-state index in [1.165, 1.54) is 24.8 Å². The number of hydrogen-bond donors (Lipinski definition) is 2. The lowest BCUT2D eigenvalue weighted by molar-refractivity contribution is -0.120. The van der Waals surface area contributed by atoms with Gasteiger partial charge < -0.3 is 15.1 Å². The van der Waals surface area contributed by atoms with Gasteiger partial charge in [-0.3, -0.25) is 9.69 Å². The van der Waals surface area contributed by atoms with Crippen LogP contribution in [0, 0.1) is 0 Å². The number of amides is 1. The molecule has 2 heterocycles. The van der Waals surface area contributed by atoms with Gasteiger partial charge in [0.05, 0.1) is 18.8 Å². The molecule has 0 saturated carbocycles. The summed E-state index contributed by atoms with van der Waals surface area (Å²) in [5.41, 5.74) is 1.31. The van der Waals surface area contributed by atoms with Gasteiger partial charge in [-0.1, -0.05) is 36.8 Å². The summed E-state index contributed by atoms with van der Waals surface area (Å²) >= 11 is 0. The smallest absolute Gasteiger partial charge is 0.233 e. The fourth-order valence-corrected chi connectivity index (χ4v) is 3.67. The van der Waals surface area contributed by atoms with Gasteiger partial charge in [0.25, 0.3) is 0 Å². The Bertz CT molecular complexity index is 651. The summed E-state index contributed by atoms with van der Waals surface area (Å²) in [7, 11) is 0. The van der Waals surface area contributed by atoms with Crippen molar-refractivity contribution in [2.45, 2.75) is 38.1 Å². The van der Waals surface area contributed by atoms with Crippen molar-refractivity contribution in [1.82, 2.24) is 15.5 Å². The Hall–Kier alpha value is -2.11. The molecule has 1 unspecified atom stereocenters. The maximum Gasteiger partial charge on any atom is 0.233 e. The first-order valence-corrected chi connectivity index (χ1v) is 10.1. The first-order chi connectivity index (χ1) is 13.3. The Morgan fingerprint density at radius 2 is 1.89 bits per heavy atom. The highest BCUT2D eigenvalue weighted by Gasteiger charge is 2.24. The number of nitrogens with one attached hydrogen (secondary N) is 2. The lowest BCUT2D eigenvalue weighted by Crippen LogP contribution is -2.42. The number of benzene rings is 1. The summed E-state index contributed by atoms with van der Waals surface area (Å²) in [6.45, 7) is 3.97. The van der Waals surface area contributed by atoms with Crippen molar-refractivity contribution < 1.29 is 9.21 Å². The zero-order valence-electron chi connectivity index (χ0n) is 16.0. The van der Waals surface area contributed by atoms with Crippen LogP contribution in [0.5, 0.6) is 0 Å². The number of carbonyl (C=O) groups excluding carboxylic acids is 1. The Balaban J connectivity index is 1.35. The van der Waals surface area contributed by atoms with Crippen molar-refractivity contribution in [1.29, 1.82) is 0 Å². The molecule has 3 rings (SSSR count). The van der Waals surface area contributed by atoms with Crippen molar-refractivity contribution in [2.24, 2.45) is 0 Å². The summed E-state index contributed by atoms with van der Waals surface area (Å²) < 4.78 is 5.65. The summed E-state index contributed by atoms with van der Waals surface area (Å²) in [5, 5.41) is 6.32. The Kier molecular flexibility index (Phi) is 7.93. The van der Waals surface area contributed by atoms with Crippen molar-refractivity contribution >= 4 is 5.91 Å². The molecule has 5 heteroatoms. The van der Waals surface area contributed by atoms with Gasteiger partial charge in [-0.25, -0.2) is 0 Å². The van der Waals surface area contributed by atoms with Crippen LogP contribution in [0.4, 0.5) is 0 Å². The molecule has 2 aromatic rings. The predicted octanol–water partition coefficient (Wildman–Crippen LogP) is 3.15. The van der Waals surface area contributed by atoms with Crippen LogP contribution >= 0.6 is 0 Å². The van der Waals surface area contributed by atoms with Crippen LogP contribution < -0.4 is 10.6 Å². The van der Waals surface area contributed by atoms with Crippen molar-refractivity contribution in [3.63, 3.8) is 0 Å². The normalized spacial score (nSPS) is 16.1. The van der Waals surface area contributed by atoms with Crippen molar-refractivity contribution in [3.05, 3.63) is 60.1 Å². The van der Waals surface area contributed by atoms with Crippen molar-refractivity contribution in [3.8, 4) is 0 Å². The second kappa shape index (κ2) is 10.9. The van der Waals surface area contributed by atoms with Gasteiger partial charge in [0, 0.05) is 13.1 Å². The first-order valence-electron chi connectivity index (χ1n) is 10.1. The third-order valence-electron chi connectivity index (χ3n) is 5.13. The molecule has 1 amide bonds. The Labute approximate surface area is 162 Å². The fourth-order valence-electron chi connectivity index (χ4n) is 3.67. The molecule has 146 valence electrons. The standard InChI is InChI=1S/C22H31N3O2/c26-22(24-13-7-11-19-9-3-1-4-10-19)18-23-17-20(21-12-8-16-27-21)25-14-5-2-6-15-25/h1,3-4,8-10,12,16,20,23H,2,5-7,11,13-15,17-18H2,(H,24,26). The van der Waals surface area contributed by atoms with E-state index in [1.54, 1.807) is 6.26 Å². The molecule has 2 N–H and O–H groups in total. The van der Waals surface area contributed by atoms with Crippen LogP contribution in [0.1, 0.15) is 43.0 Å². The van der Waals surface area contributed by atoms with E-state index in [0.29, 0.717) is 13.1 Å². The Morgan fingerprint density at radius 3 is 2.63 bits per heavy atom. The molecule has 1 fully saturated rings. The van der Waals surface area contributed by atoms with Crippen LogP contribution in [-0.2, 0) is 11.2 Å². The van der Waals surface area contributed by atoms with Gasteiger partial charge in [-0.2, -0.15) is 0 Å². The van der Waals surface area contributed by atoms with Gasteiger partial charge >= 0.3 is 0 Å². The maximum atomic E-state index is 12.1. The highest BCUT2D eigenvalue weighted by molar-refractivity contribution is 5.77. The van der Waals surface area contributed by atoms with E-state index in [2.05, 4.69) is 39.8 Å². The molecular formula is C22H31N3O2. The number of aryl methyl sites for hydroxylation is 1. The maximum absolute atomic E-state index is 12.1. The summed E-state index contributed by atoms with van der Waals surface area (Å²) in [4.78, 5) is 14.6. The van der Waals surface area contributed by atoms with E-state index in [-0.39, 0.29) is 11.9 Å². The number of piperidine rings is 1. The number of carbonyl (C=O) groups is 1. The van der Waals surface area contributed by atoms with Crippen LogP contribution in [0.25, 0.3) is 0 Å². The van der Waals surface area contributed by atoms with E-state index in [0.717, 1.165) is 38.2 Å². The number of hydrogen-bond acceptors (Lipinski definition) is 4. The third-order valence-corrected chi connectivity index (χ3v) is 5.13. The zero-order valence-corrected chi connectivity index (χ0v) is 16.0. The van der Waals surface area contributed by atoms with Gasteiger partial charge in [0.15, 0.2) is 0 Å². The second-order valence-electron chi connectivity index (χ2n) is 7.20.